The van der Waals surface area contributed by atoms with Crippen molar-refractivity contribution in [3.8, 4) is 0 Å². The van der Waals surface area contributed by atoms with Gasteiger partial charge in [-0.15, -0.1) is 0 Å². The highest BCUT2D eigenvalue weighted by Gasteiger charge is 2.00. The summed E-state index contributed by atoms with van der Waals surface area (Å²) < 4.78 is 0. The lowest BCUT2D eigenvalue weighted by atomic mass is 10.1. The van der Waals surface area contributed by atoms with E-state index in [4.69, 9.17) is 5.73 Å². The summed E-state index contributed by atoms with van der Waals surface area (Å²) in [6.45, 7) is 2.02. The van der Waals surface area contributed by atoms with Gasteiger partial charge in [0.1, 0.15) is 0 Å². The fourth-order valence-electron chi connectivity index (χ4n) is 1.28. The lowest BCUT2D eigenvalue weighted by Gasteiger charge is -2.09. The number of nitrogens with one attached hydrogen (secondary N) is 1. The first-order chi connectivity index (χ1) is 6.77. The van der Waals surface area contributed by atoms with E-state index in [1.807, 2.05) is 36.6 Å². The number of nitrogen functional groups attached to an aromatic ring is 1. The third-order valence-corrected chi connectivity index (χ3v) is 2.86. The van der Waals surface area contributed by atoms with Crippen LogP contribution in [0.4, 0.5) is 17.1 Å². The first-order valence-corrected chi connectivity index (χ1v) is 5.36. The maximum atomic E-state index is 5.81. The van der Waals surface area contributed by atoms with Crippen molar-refractivity contribution in [3.63, 3.8) is 0 Å². The van der Waals surface area contributed by atoms with E-state index in [0.717, 1.165) is 22.6 Å². The van der Waals surface area contributed by atoms with Crippen molar-refractivity contribution >= 4 is 28.4 Å². The number of rotatable bonds is 2. The predicted octanol–water partition coefficient (Wildman–Crippen LogP) is 3.38. The molecule has 0 saturated heterocycles. The average molecular weight is 204 g/mol. The molecule has 0 unspecified atom stereocenters. The maximum Gasteiger partial charge on any atom is 0.0492 e. The van der Waals surface area contributed by atoms with Gasteiger partial charge in [-0.05, 0) is 36.1 Å². The lowest BCUT2D eigenvalue weighted by Crippen LogP contribution is -1.95. The second-order valence-corrected chi connectivity index (χ2v) is 3.94. The molecule has 3 heteroatoms. The van der Waals surface area contributed by atoms with Crippen LogP contribution in [0, 0.1) is 6.92 Å². The quantitative estimate of drug-likeness (QED) is 0.736. The van der Waals surface area contributed by atoms with Crippen LogP contribution >= 0.6 is 11.3 Å². The Morgan fingerprint density at radius 3 is 2.86 bits per heavy atom. The van der Waals surface area contributed by atoms with Crippen LogP contribution in [-0.4, -0.2) is 0 Å². The van der Waals surface area contributed by atoms with Crippen LogP contribution in [0.25, 0.3) is 0 Å². The van der Waals surface area contributed by atoms with Crippen LogP contribution in [0.5, 0.6) is 0 Å². The molecule has 2 rings (SSSR count). The van der Waals surface area contributed by atoms with E-state index in [9.17, 15) is 0 Å². The Kier molecular flexibility index (Phi) is 2.41. The molecule has 1 heterocycles. The van der Waals surface area contributed by atoms with Crippen molar-refractivity contribution in [2.45, 2.75) is 6.92 Å². The summed E-state index contributed by atoms with van der Waals surface area (Å²) in [5.41, 5.74) is 9.92. The van der Waals surface area contributed by atoms with Gasteiger partial charge in [-0.25, -0.2) is 0 Å². The van der Waals surface area contributed by atoms with Gasteiger partial charge < -0.3 is 11.1 Å². The third-order valence-electron chi connectivity index (χ3n) is 2.18. The van der Waals surface area contributed by atoms with E-state index < -0.39 is 0 Å². The van der Waals surface area contributed by atoms with Crippen LogP contribution in [0.15, 0.2) is 35.0 Å². The minimum absolute atomic E-state index is 0.824. The van der Waals surface area contributed by atoms with Crippen molar-refractivity contribution in [2.75, 3.05) is 11.1 Å². The Bertz CT molecular complexity index is 421. The average Bonchev–Trinajstić information content (AvgIpc) is 2.66. The standard InChI is InChI=1S/C11H12N2S/c1-8-10(12)3-2-4-11(8)13-9-5-6-14-7-9/h2-7,13H,12H2,1H3. The summed E-state index contributed by atoms with van der Waals surface area (Å²) in [5.74, 6) is 0. The van der Waals surface area contributed by atoms with E-state index in [2.05, 4.69) is 10.7 Å². The normalized spacial score (nSPS) is 10.1. The zero-order valence-electron chi connectivity index (χ0n) is 7.95. The van der Waals surface area contributed by atoms with E-state index in [1.54, 1.807) is 11.3 Å². The number of anilines is 3. The van der Waals surface area contributed by atoms with Gasteiger partial charge in [-0.1, -0.05) is 6.07 Å². The highest BCUT2D eigenvalue weighted by molar-refractivity contribution is 7.08. The molecule has 1 aromatic carbocycles. The first kappa shape index (κ1) is 9.09. The molecule has 0 aliphatic rings. The largest absolute Gasteiger partial charge is 0.398 e. The molecule has 0 bridgehead atoms. The summed E-state index contributed by atoms with van der Waals surface area (Å²) in [7, 11) is 0. The molecule has 0 radical (unpaired) electrons. The smallest absolute Gasteiger partial charge is 0.0492 e. The highest BCUT2D eigenvalue weighted by Crippen LogP contribution is 2.25. The van der Waals surface area contributed by atoms with E-state index in [0.29, 0.717) is 0 Å². The van der Waals surface area contributed by atoms with Crippen molar-refractivity contribution in [1.29, 1.82) is 0 Å². The van der Waals surface area contributed by atoms with E-state index in [-0.39, 0.29) is 0 Å². The Labute approximate surface area is 87.4 Å². The van der Waals surface area contributed by atoms with Crippen LogP contribution in [0.1, 0.15) is 5.56 Å². The molecule has 3 N–H and O–H groups in total. The van der Waals surface area contributed by atoms with Gasteiger partial charge in [0.25, 0.3) is 0 Å². The minimum Gasteiger partial charge on any atom is -0.398 e. The Morgan fingerprint density at radius 1 is 1.29 bits per heavy atom. The van der Waals surface area contributed by atoms with Gasteiger partial charge in [0.05, 0.1) is 0 Å². The summed E-state index contributed by atoms with van der Waals surface area (Å²) >= 11 is 1.68. The fourth-order valence-corrected chi connectivity index (χ4v) is 1.87. The summed E-state index contributed by atoms with van der Waals surface area (Å²) in [4.78, 5) is 0. The number of benzene rings is 1. The topological polar surface area (TPSA) is 38.0 Å². The van der Waals surface area contributed by atoms with Crippen molar-refractivity contribution in [2.24, 2.45) is 0 Å². The molecule has 0 amide bonds. The van der Waals surface area contributed by atoms with Crippen LogP contribution in [0.2, 0.25) is 0 Å². The number of hydrogen-bond acceptors (Lipinski definition) is 3. The third kappa shape index (κ3) is 1.72. The van der Waals surface area contributed by atoms with Crippen LogP contribution in [-0.2, 0) is 0 Å². The van der Waals surface area contributed by atoms with Gasteiger partial charge in [0, 0.05) is 22.4 Å². The van der Waals surface area contributed by atoms with E-state index in [1.165, 1.54) is 0 Å². The summed E-state index contributed by atoms with van der Waals surface area (Å²) in [6.07, 6.45) is 0. The van der Waals surface area contributed by atoms with Crippen molar-refractivity contribution in [1.82, 2.24) is 0 Å². The highest BCUT2D eigenvalue weighted by atomic mass is 32.1. The summed E-state index contributed by atoms with van der Waals surface area (Å²) in [6, 6.07) is 7.95. The zero-order valence-corrected chi connectivity index (χ0v) is 8.77. The number of nitrogens with two attached hydrogens (primary N) is 1. The minimum atomic E-state index is 0.824. The van der Waals surface area contributed by atoms with E-state index >= 15 is 0 Å². The monoisotopic (exact) mass is 204 g/mol. The Morgan fingerprint density at radius 2 is 2.14 bits per heavy atom. The summed E-state index contributed by atoms with van der Waals surface area (Å²) in [5, 5.41) is 7.44. The lowest BCUT2D eigenvalue weighted by molar-refractivity contribution is 1.44. The Balaban J connectivity index is 2.29. The second kappa shape index (κ2) is 3.72. The first-order valence-electron chi connectivity index (χ1n) is 4.41. The molecule has 72 valence electrons. The second-order valence-electron chi connectivity index (χ2n) is 3.16. The fraction of sp³-hybridized carbons (Fsp3) is 0.0909. The molecule has 14 heavy (non-hydrogen) atoms. The SMILES string of the molecule is Cc1c(N)cccc1Nc1ccsc1. The molecule has 0 spiro atoms. The van der Waals surface area contributed by atoms with Gasteiger partial charge in [-0.3, -0.25) is 0 Å². The molecule has 0 fully saturated rings. The molecule has 0 atom stereocenters. The van der Waals surface area contributed by atoms with Gasteiger partial charge >= 0.3 is 0 Å². The molecule has 1 aromatic heterocycles. The van der Waals surface area contributed by atoms with Gasteiger partial charge in [0.2, 0.25) is 0 Å². The molecule has 0 aliphatic heterocycles. The maximum absolute atomic E-state index is 5.81. The van der Waals surface area contributed by atoms with Crippen LogP contribution < -0.4 is 11.1 Å². The number of thiophene rings is 1. The number of hydrogen-bond donors (Lipinski definition) is 2. The van der Waals surface area contributed by atoms with Gasteiger partial charge in [-0.2, -0.15) is 11.3 Å². The van der Waals surface area contributed by atoms with Crippen LogP contribution in [0.3, 0.4) is 0 Å². The molecule has 2 aromatic rings. The van der Waals surface area contributed by atoms with Crippen molar-refractivity contribution in [3.05, 3.63) is 40.6 Å². The predicted molar refractivity (Wildman–Crippen MR) is 63.2 cm³/mol. The molecular formula is C11H12N2S. The zero-order chi connectivity index (χ0) is 9.97. The van der Waals surface area contributed by atoms with Crippen molar-refractivity contribution < 1.29 is 0 Å². The van der Waals surface area contributed by atoms with Gasteiger partial charge in [0.15, 0.2) is 0 Å². The molecule has 2 nitrogen and oxygen atoms in total. The Hall–Kier alpha value is -1.48. The molecule has 0 aliphatic carbocycles. The molecule has 0 saturated carbocycles. The molecular weight excluding hydrogens is 192 g/mol.